The van der Waals surface area contributed by atoms with E-state index in [0.717, 1.165) is 12.1 Å². The molecule has 0 aliphatic heterocycles. The van der Waals surface area contributed by atoms with Crippen LogP contribution in [0.25, 0.3) is 11.0 Å². The molecule has 3 aromatic heterocycles. The number of allylic oxidation sites excluding steroid dienone is 1. The summed E-state index contributed by atoms with van der Waals surface area (Å²) < 4.78 is 20.8. The van der Waals surface area contributed by atoms with Gasteiger partial charge >= 0.3 is 6.09 Å². The van der Waals surface area contributed by atoms with Crippen molar-refractivity contribution < 1.29 is 23.5 Å². The Hall–Kier alpha value is -4.35. The van der Waals surface area contributed by atoms with Crippen molar-refractivity contribution in [2.24, 2.45) is 5.92 Å². The maximum atomic E-state index is 14.6. The van der Waals surface area contributed by atoms with E-state index in [4.69, 9.17) is 0 Å². The molecule has 0 saturated carbocycles. The van der Waals surface area contributed by atoms with Crippen LogP contribution in [0.1, 0.15) is 62.8 Å². The van der Waals surface area contributed by atoms with Gasteiger partial charge in [0.1, 0.15) is 11.3 Å². The smallest absolute Gasteiger partial charge is 0.407 e. The summed E-state index contributed by atoms with van der Waals surface area (Å²) in [6.45, 7) is 6.15. The number of aryl methyl sites for hydroxylation is 1. The van der Waals surface area contributed by atoms with Crippen molar-refractivity contribution in [2.75, 3.05) is 21.2 Å². The first kappa shape index (κ1) is 33.2. The number of Topliss-reactive ketones (excluding diaryl/α,β-unsaturated/α-hetero) is 1. The van der Waals surface area contributed by atoms with Crippen molar-refractivity contribution in [3.05, 3.63) is 69.4 Å². The molecular weight excluding hydrogens is 555 g/mol. The van der Waals surface area contributed by atoms with Gasteiger partial charge in [-0.1, -0.05) is 39.3 Å². The van der Waals surface area contributed by atoms with Gasteiger partial charge in [-0.15, -0.1) is 0 Å². The molecule has 232 valence electrons. The van der Waals surface area contributed by atoms with Gasteiger partial charge in [-0.25, -0.2) is 14.2 Å². The van der Waals surface area contributed by atoms with Crippen molar-refractivity contribution in [3.8, 4) is 0 Å². The van der Waals surface area contributed by atoms with Crippen LogP contribution in [0, 0.1) is 11.7 Å². The van der Waals surface area contributed by atoms with Crippen molar-refractivity contribution >= 4 is 28.8 Å². The van der Waals surface area contributed by atoms with E-state index in [2.05, 4.69) is 25.0 Å². The van der Waals surface area contributed by atoms with Gasteiger partial charge < -0.3 is 24.5 Å². The number of aromatic amines is 1. The van der Waals surface area contributed by atoms with E-state index in [1.54, 1.807) is 36.9 Å². The third-order valence-electron chi connectivity index (χ3n) is 6.91. The summed E-state index contributed by atoms with van der Waals surface area (Å²) in [5, 5.41) is 2.54. The van der Waals surface area contributed by atoms with Crippen LogP contribution in [-0.4, -0.2) is 69.4 Å². The molecule has 0 radical (unpaired) electrons. The van der Waals surface area contributed by atoms with E-state index in [0.29, 0.717) is 42.2 Å². The van der Waals surface area contributed by atoms with E-state index >= 15 is 0 Å². The number of ketones is 1. The molecule has 11 nitrogen and oxygen atoms in total. The molecule has 2 amide bonds. The number of alkyl carbamates (subject to hydrolysis) is 1. The van der Waals surface area contributed by atoms with Crippen molar-refractivity contribution in [1.82, 2.24) is 29.7 Å². The third kappa shape index (κ3) is 8.82. The van der Waals surface area contributed by atoms with Gasteiger partial charge in [0.05, 0.1) is 37.1 Å². The number of carbonyl (C=O) groups is 3. The highest BCUT2D eigenvalue weighted by molar-refractivity contribution is 5.89. The SMILES string of the molecule is CCCc1ccc(CC(=O)[C@H](CC/C=C/C(=O)N(C)C)NC(=O)OC)c(=O)n1Cc1nc2c(F)cnc(CC(C)C)c2[nH]1. The van der Waals surface area contributed by atoms with Crippen LogP contribution in [-0.2, 0) is 40.1 Å². The lowest BCUT2D eigenvalue weighted by molar-refractivity contribution is -0.123. The van der Waals surface area contributed by atoms with Gasteiger partial charge in [0.2, 0.25) is 5.91 Å². The molecule has 2 N–H and O–H groups in total. The molecule has 0 unspecified atom stereocenters. The maximum Gasteiger partial charge on any atom is 0.407 e. The minimum atomic E-state index is -0.931. The summed E-state index contributed by atoms with van der Waals surface area (Å²) in [5.41, 5.74) is 2.03. The first-order valence-electron chi connectivity index (χ1n) is 14.4. The van der Waals surface area contributed by atoms with Crippen LogP contribution < -0.4 is 10.9 Å². The van der Waals surface area contributed by atoms with Crippen LogP contribution in [0.2, 0.25) is 0 Å². The Bertz CT molecular complexity index is 1540. The number of pyridine rings is 2. The van der Waals surface area contributed by atoms with Gasteiger partial charge in [-0.3, -0.25) is 19.4 Å². The predicted molar refractivity (Wildman–Crippen MR) is 161 cm³/mol. The molecule has 43 heavy (non-hydrogen) atoms. The first-order valence-corrected chi connectivity index (χ1v) is 14.4. The van der Waals surface area contributed by atoms with Gasteiger partial charge in [0.15, 0.2) is 11.6 Å². The number of H-pyrrole nitrogens is 1. The maximum absolute atomic E-state index is 14.6. The predicted octanol–water partition coefficient (Wildman–Crippen LogP) is 3.72. The second kappa shape index (κ2) is 15.2. The number of amides is 2. The number of ether oxygens (including phenoxy) is 1. The Balaban J connectivity index is 1.90. The topological polar surface area (TPSA) is 139 Å². The fourth-order valence-corrected chi connectivity index (χ4v) is 4.70. The number of hydrogen-bond donors (Lipinski definition) is 2. The van der Waals surface area contributed by atoms with Crippen LogP contribution in [0.4, 0.5) is 9.18 Å². The lowest BCUT2D eigenvalue weighted by Gasteiger charge is -2.17. The third-order valence-corrected chi connectivity index (χ3v) is 6.91. The Morgan fingerprint density at radius 2 is 1.98 bits per heavy atom. The van der Waals surface area contributed by atoms with Gasteiger partial charge in [-0.05, 0) is 43.7 Å². The molecule has 0 fully saturated rings. The van der Waals surface area contributed by atoms with Crippen LogP contribution in [0.15, 0.2) is 35.3 Å². The van der Waals surface area contributed by atoms with Crippen molar-refractivity contribution in [3.63, 3.8) is 0 Å². The van der Waals surface area contributed by atoms with E-state index in [-0.39, 0.29) is 47.7 Å². The molecular formula is C31H41FN6O5. The molecule has 12 heteroatoms. The largest absolute Gasteiger partial charge is 0.453 e. The number of carbonyl (C=O) groups excluding carboxylic acids is 3. The van der Waals surface area contributed by atoms with Crippen molar-refractivity contribution in [1.29, 1.82) is 0 Å². The van der Waals surface area contributed by atoms with Crippen LogP contribution >= 0.6 is 0 Å². The number of nitrogens with zero attached hydrogens (tertiary/aromatic N) is 4. The summed E-state index contributed by atoms with van der Waals surface area (Å²) in [7, 11) is 4.46. The lowest BCUT2D eigenvalue weighted by Crippen LogP contribution is -2.42. The van der Waals surface area contributed by atoms with Gasteiger partial charge in [-0.2, -0.15) is 0 Å². The molecule has 0 saturated heterocycles. The molecule has 0 aromatic carbocycles. The number of nitrogens with one attached hydrogen (secondary N) is 2. The van der Waals surface area contributed by atoms with Gasteiger partial charge in [0.25, 0.3) is 5.56 Å². The molecule has 3 rings (SSSR count). The Kier molecular flexibility index (Phi) is 11.7. The van der Waals surface area contributed by atoms with Crippen LogP contribution in [0.5, 0.6) is 0 Å². The summed E-state index contributed by atoms with van der Waals surface area (Å²) in [6, 6.07) is 2.51. The highest BCUT2D eigenvalue weighted by Crippen LogP contribution is 2.21. The molecule has 0 bridgehead atoms. The number of methoxy groups -OCH3 is 1. The van der Waals surface area contributed by atoms with Gasteiger partial charge in [0, 0.05) is 31.8 Å². The highest BCUT2D eigenvalue weighted by atomic mass is 19.1. The summed E-state index contributed by atoms with van der Waals surface area (Å²) in [6.07, 6.45) is 5.79. The number of imidazole rings is 1. The summed E-state index contributed by atoms with van der Waals surface area (Å²) in [5.74, 6) is -0.416. The average Bonchev–Trinajstić information content (AvgIpc) is 3.39. The first-order chi connectivity index (χ1) is 20.4. The molecule has 0 aliphatic rings. The van der Waals surface area contributed by atoms with E-state index in [1.165, 1.54) is 24.3 Å². The summed E-state index contributed by atoms with van der Waals surface area (Å²) in [4.78, 5) is 64.1. The monoisotopic (exact) mass is 596 g/mol. The molecule has 3 heterocycles. The van der Waals surface area contributed by atoms with Crippen molar-refractivity contribution in [2.45, 2.75) is 71.9 Å². The van der Waals surface area contributed by atoms with Crippen LogP contribution in [0.3, 0.4) is 0 Å². The molecule has 1 atom stereocenters. The quantitative estimate of drug-likeness (QED) is 0.271. The zero-order valence-electron chi connectivity index (χ0n) is 25.7. The van der Waals surface area contributed by atoms with E-state index < -0.39 is 18.0 Å². The minimum absolute atomic E-state index is 0.0555. The molecule has 0 spiro atoms. The fourth-order valence-electron chi connectivity index (χ4n) is 4.70. The Morgan fingerprint density at radius 1 is 1.23 bits per heavy atom. The molecule has 0 aliphatic carbocycles. The van der Waals surface area contributed by atoms with E-state index in [1.807, 2.05) is 20.8 Å². The highest BCUT2D eigenvalue weighted by Gasteiger charge is 2.23. The fraction of sp³-hybridized carbons (Fsp3) is 0.484. The Labute approximate surface area is 250 Å². The minimum Gasteiger partial charge on any atom is -0.453 e. The second-order valence-corrected chi connectivity index (χ2v) is 11.1. The number of likely N-dealkylation sites (N-methyl/N-ethyl adjacent to an activating group) is 1. The molecule has 3 aromatic rings. The Morgan fingerprint density at radius 3 is 2.63 bits per heavy atom. The number of aromatic nitrogens is 4. The normalized spacial score (nSPS) is 12.2. The number of halogens is 1. The number of fused-ring (bicyclic) bond motifs is 1. The summed E-state index contributed by atoms with van der Waals surface area (Å²) >= 11 is 0. The standard InChI is InChI=1S/C31H41FN6O5/c1-7-10-21-14-13-20(16-25(39)23(34-31(42)43-6)11-8-9-12-27(40)37(4)5)30(41)38(21)18-26-35-28-22(32)17-33-24(15-19(2)3)29(28)36-26/h9,12-14,17,19,23H,7-8,10-11,15-16,18H2,1-6H3,(H,34,42)(H,35,36)/b12-9+/t23-/m0/s1. The second-order valence-electron chi connectivity index (χ2n) is 11.1. The van der Waals surface area contributed by atoms with E-state index in [9.17, 15) is 23.6 Å². The average molecular weight is 597 g/mol. The zero-order valence-corrected chi connectivity index (χ0v) is 25.7. The number of hydrogen-bond acceptors (Lipinski definition) is 7. The lowest BCUT2D eigenvalue weighted by atomic mass is 10.00. The zero-order chi connectivity index (χ0) is 31.7. The number of rotatable bonds is 14.